The zero-order valence-electron chi connectivity index (χ0n) is 16.3. The molecule has 2 aliphatic heterocycles. The van der Waals surface area contributed by atoms with E-state index in [0.29, 0.717) is 18.5 Å². The molecule has 0 aliphatic carbocycles. The van der Waals surface area contributed by atoms with Gasteiger partial charge in [-0.1, -0.05) is 30.3 Å². The molecule has 27 heavy (non-hydrogen) atoms. The van der Waals surface area contributed by atoms with Crippen LogP contribution < -0.4 is 5.32 Å². The lowest BCUT2D eigenvalue weighted by atomic mass is 9.70. The van der Waals surface area contributed by atoms with Crippen molar-refractivity contribution in [2.45, 2.75) is 64.1 Å². The van der Waals surface area contributed by atoms with Crippen molar-refractivity contribution in [3.05, 3.63) is 35.9 Å². The summed E-state index contributed by atoms with van der Waals surface area (Å²) in [4.78, 5) is 22.8. The molecule has 3 N–H and O–H groups in total. The van der Waals surface area contributed by atoms with Crippen molar-refractivity contribution < 1.29 is 19.8 Å². The van der Waals surface area contributed by atoms with E-state index >= 15 is 0 Å². The number of rotatable bonds is 7. The largest absolute Gasteiger partial charge is 0.483 e. The zero-order valence-corrected chi connectivity index (χ0v) is 16.3. The summed E-state index contributed by atoms with van der Waals surface area (Å²) in [6, 6.07) is 11.6. The van der Waals surface area contributed by atoms with Gasteiger partial charge >= 0.3 is 0 Å². The first-order valence-electron chi connectivity index (χ1n) is 9.73. The molecule has 2 fully saturated rings. The highest BCUT2D eigenvalue weighted by Gasteiger charge is 2.55. The van der Waals surface area contributed by atoms with Crippen molar-refractivity contribution in [3.63, 3.8) is 0 Å². The van der Waals surface area contributed by atoms with Gasteiger partial charge in [0.2, 0.25) is 5.91 Å². The Hall–Kier alpha value is -1.92. The third-order valence-corrected chi connectivity index (χ3v) is 5.75. The first kappa shape index (κ1) is 21.4. The summed E-state index contributed by atoms with van der Waals surface area (Å²) >= 11 is 0. The second-order valence-electron chi connectivity index (χ2n) is 7.95. The molecule has 2 saturated heterocycles. The summed E-state index contributed by atoms with van der Waals surface area (Å²) in [6.45, 7) is 4.78. The van der Waals surface area contributed by atoms with Crippen LogP contribution in [0.4, 0.5) is 0 Å². The minimum Gasteiger partial charge on any atom is -0.483 e. The highest BCUT2D eigenvalue weighted by molar-refractivity contribution is 5.76. The van der Waals surface area contributed by atoms with Crippen LogP contribution in [-0.2, 0) is 16.0 Å². The van der Waals surface area contributed by atoms with Crippen molar-refractivity contribution in [2.24, 2.45) is 5.41 Å². The number of carbonyl (C=O) groups excluding carboxylic acids is 1. The topological polar surface area (TPSA) is 89.9 Å². The van der Waals surface area contributed by atoms with Gasteiger partial charge in [0.15, 0.2) is 0 Å². The van der Waals surface area contributed by atoms with Crippen molar-refractivity contribution in [1.82, 2.24) is 10.2 Å². The van der Waals surface area contributed by atoms with Gasteiger partial charge in [-0.15, -0.1) is 0 Å². The number of nitrogens with one attached hydrogen (secondary N) is 1. The van der Waals surface area contributed by atoms with E-state index in [2.05, 4.69) is 34.5 Å². The van der Waals surface area contributed by atoms with E-state index in [0.717, 1.165) is 25.8 Å². The Morgan fingerprint density at radius 3 is 2.59 bits per heavy atom. The molecule has 0 unspecified atom stereocenters. The average Bonchev–Trinajstić information content (AvgIpc) is 3.16. The molecular formula is C21H32N2O4. The van der Waals surface area contributed by atoms with Crippen LogP contribution in [0.15, 0.2) is 30.3 Å². The second kappa shape index (κ2) is 9.85. The number of aliphatic hydroxyl groups is 1. The van der Waals surface area contributed by atoms with Crippen LogP contribution >= 0.6 is 0 Å². The molecule has 1 aromatic rings. The minimum absolute atomic E-state index is 0.0429. The third-order valence-electron chi connectivity index (χ3n) is 5.75. The predicted molar refractivity (Wildman–Crippen MR) is 104 cm³/mol. The van der Waals surface area contributed by atoms with Gasteiger partial charge in [-0.3, -0.25) is 14.5 Å². The standard InChI is InChI=1S/C20H30N2O2.CH2O2/c1-15(2)21-19(24)10-11-22-17-8-9-18(22)20(13-17,14-23)12-16-6-4-3-5-7-16;2-1-3/h3-7,15,17-18,23H,8-14H2,1-2H3,(H,21,24);1H,(H,2,3)/t17-,18+,20-;/m1./s1. The number of benzene rings is 1. The number of nitrogens with zero attached hydrogens (tertiary/aromatic N) is 1. The molecule has 3 atom stereocenters. The van der Waals surface area contributed by atoms with Crippen LogP contribution in [0.3, 0.4) is 0 Å². The van der Waals surface area contributed by atoms with Gasteiger partial charge < -0.3 is 15.5 Å². The Bertz CT molecular complexity index is 607. The second-order valence-corrected chi connectivity index (χ2v) is 7.95. The van der Waals surface area contributed by atoms with Gasteiger partial charge in [-0.25, -0.2) is 0 Å². The molecule has 3 rings (SSSR count). The van der Waals surface area contributed by atoms with Crippen molar-refractivity contribution in [3.8, 4) is 0 Å². The number of hydrogen-bond donors (Lipinski definition) is 3. The highest BCUT2D eigenvalue weighted by atomic mass is 16.3. The van der Waals surface area contributed by atoms with Gasteiger partial charge in [-0.2, -0.15) is 0 Å². The molecule has 2 aliphatic rings. The van der Waals surface area contributed by atoms with Crippen LogP contribution in [0.1, 0.15) is 45.1 Å². The molecule has 0 radical (unpaired) electrons. The first-order valence-corrected chi connectivity index (χ1v) is 9.73. The minimum atomic E-state index is -0.250. The Kier molecular flexibility index (Phi) is 7.80. The van der Waals surface area contributed by atoms with E-state index in [-0.39, 0.29) is 30.4 Å². The van der Waals surface area contributed by atoms with Gasteiger partial charge in [-0.05, 0) is 45.1 Å². The molecule has 2 heterocycles. The molecule has 6 nitrogen and oxygen atoms in total. The van der Waals surface area contributed by atoms with Crippen molar-refractivity contribution in [1.29, 1.82) is 0 Å². The maximum absolute atomic E-state index is 12.0. The molecule has 0 spiro atoms. The van der Waals surface area contributed by atoms with Gasteiger partial charge in [0.25, 0.3) is 6.47 Å². The fraction of sp³-hybridized carbons (Fsp3) is 0.619. The summed E-state index contributed by atoms with van der Waals surface area (Å²) in [7, 11) is 0. The number of carbonyl (C=O) groups is 2. The number of hydrogen-bond acceptors (Lipinski definition) is 4. The van der Waals surface area contributed by atoms with Gasteiger partial charge in [0.05, 0.1) is 6.61 Å². The Balaban J connectivity index is 0.000000817. The number of fused-ring (bicyclic) bond motifs is 2. The van der Waals surface area contributed by atoms with E-state index in [9.17, 15) is 9.90 Å². The summed E-state index contributed by atoms with van der Waals surface area (Å²) in [5.41, 5.74) is 1.26. The lowest BCUT2D eigenvalue weighted by Crippen LogP contribution is -2.43. The van der Waals surface area contributed by atoms with Crippen LogP contribution in [0.2, 0.25) is 0 Å². The fourth-order valence-electron chi connectivity index (χ4n) is 4.80. The maximum Gasteiger partial charge on any atom is 0.290 e. The molecule has 2 bridgehead atoms. The highest BCUT2D eigenvalue weighted by Crippen LogP contribution is 2.51. The van der Waals surface area contributed by atoms with E-state index in [1.54, 1.807) is 0 Å². The lowest BCUT2D eigenvalue weighted by Gasteiger charge is -2.36. The van der Waals surface area contributed by atoms with E-state index in [4.69, 9.17) is 9.90 Å². The molecule has 0 saturated carbocycles. The summed E-state index contributed by atoms with van der Waals surface area (Å²) in [5, 5.41) is 20.1. The van der Waals surface area contributed by atoms with Crippen LogP contribution in [-0.4, -0.2) is 58.8 Å². The molecular weight excluding hydrogens is 344 g/mol. The Morgan fingerprint density at radius 2 is 2.00 bits per heavy atom. The summed E-state index contributed by atoms with van der Waals surface area (Å²) in [6.07, 6.45) is 4.88. The third kappa shape index (κ3) is 5.30. The van der Waals surface area contributed by atoms with Crippen molar-refractivity contribution in [2.75, 3.05) is 13.2 Å². The summed E-state index contributed by atoms with van der Waals surface area (Å²) in [5.74, 6) is 0.133. The fourth-order valence-corrected chi connectivity index (χ4v) is 4.80. The zero-order chi connectivity index (χ0) is 19.9. The van der Waals surface area contributed by atoms with E-state index < -0.39 is 0 Å². The van der Waals surface area contributed by atoms with Crippen LogP contribution in [0, 0.1) is 5.41 Å². The summed E-state index contributed by atoms with van der Waals surface area (Å²) < 4.78 is 0. The van der Waals surface area contributed by atoms with Crippen molar-refractivity contribution >= 4 is 12.4 Å². The Labute approximate surface area is 161 Å². The molecule has 0 aromatic heterocycles. The normalized spacial score (nSPS) is 26.5. The monoisotopic (exact) mass is 376 g/mol. The predicted octanol–water partition coefficient (Wildman–Crippen LogP) is 2.06. The molecule has 1 aromatic carbocycles. The molecule has 150 valence electrons. The molecule has 6 heteroatoms. The van der Waals surface area contributed by atoms with E-state index in [1.165, 1.54) is 12.0 Å². The van der Waals surface area contributed by atoms with Crippen LogP contribution in [0.25, 0.3) is 0 Å². The number of carboxylic acid groups (broad SMARTS) is 1. The SMILES string of the molecule is CC(C)NC(=O)CCN1[C@@H]2CC[C@H]1[C@](CO)(Cc1ccccc1)C2.O=CO. The smallest absolute Gasteiger partial charge is 0.290 e. The lowest BCUT2D eigenvalue weighted by molar-refractivity contribution is -0.123. The first-order chi connectivity index (χ1) is 13.0. The van der Waals surface area contributed by atoms with Gasteiger partial charge in [0.1, 0.15) is 0 Å². The number of aliphatic hydroxyl groups excluding tert-OH is 1. The average molecular weight is 376 g/mol. The van der Waals surface area contributed by atoms with Crippen LogP contribution in [0.5, 0.6) is 0 Å². The van der Waals surface area contributed by atoms with Gasteiger partial charge in [0, 0.05) is 36.5 Å². The number of amides is 1. The maximum atomic E-state index is 12.0. The van der Waals surface area contributed by atoms with E-state index in [1.807, 2.05) is 19.9 Å². The Morgan fingerprint density at radius 1 is 1.33 bits per heavy atom. The quantitative estimate of drug-likeness (QED) is 0.634. The molecule has 1 amide bonds.